The number of morpholine rings is 1. The molecule has 2 saturated heterocycles. The Labute approximate surface area is 231 Å². The van der Waals surface area contributed by atoms with Gasteiger partial charge in [-0.2, -0.15) is 5.26 Å². The lowest BCUT2D eigenvalue weighted by molar-refractivity contribution is -0.124. The molecule has 1 atom stereocenters. The van der Waals surface area contributed by atoms with Crippen molar-refractivity contribution in [3.8, 4) is 6.07 Å². The molecule has 0 radical (unpaired) electrons. The lowest BCUT2D eigenvalue weighted by Crippen LogP contribution is -2.56. The highest BCUT2D eigenvalue weighted by molar-refractivity contribution is 5.96. The number of likely N-dealkylation sites (tertiary alicyclic amines) is 1. The Kier molecular flexibility index (Phi) is 10.6. The molecular formula is C29H42N6O4. The number of hydrogen-bond donors (Lipinski definition) is 2. The number of nitrogens with zero attached hydrogens (tertiary/aromatic N) is 4. The van der Waals surface area contributed by atoms with E-state index < -0.39 is 17.7 Å². The minimum atomic E-state index is -0.898. The first-order valence-corrected chi connectivity index (χ1v) is 14.3. The second kappa shape index (κ2) is 14.3. The fraction of sp³-hybridized carbons (Fsp3) is 0.655. The minimum Gasteiger partial charge on any atom is -0.444 e. The van der Waals surface area contributed by atoms with Crippen LogP contribution in [0.25, 0.3) is 0 Å². The Morgan fingerprint density at radius 3 is 2.49 bits per heavy atom. The highest BCUT2D eigenvalue weighted by Gasteiger charge is 2.38. The van der Waals surface area contributed by atoms with E-state index >= 15 is 0 Å². The van der Waals surface area contributed by atoms with Crippen LogP contribution in [0.4, 0.5) is 4.79 Å². The molecule has 212 valence electrons. The maximum absolute atomic E-state index is 13.8. The van der Waals surface area contributed by atoms with Gasteiger partial charge in [-0.25, -0.2) is 9.79 Å². The Bertz CT molecular complexity index is 1010. The predicted molar refractivity (Wildman–Crippen MR) is 148 cm³/mol. The van der Waals surface area contributed by atoms with Gasteiger partial charge in [-0.1, -0.05) is 62.4 Å². The second-order valence-corrected chi connectivity index (χ2v) is 11.0. The normalized spacial score (nSPS) is 21.4. The monoisotopic (exact) mass is 538 g/mol. The van der Waals surface area contributed by atoms with E-state index in [1.165, 1.54) is 6.42 Å². The minimum absolute atomic E-state index is 0.133. The molecule has 2 amide bonds. The van der Waals surface area contributed by atoms with Gasteiger partial charge in [-0.15, -0.1) is 0 Å². The molecule has 3 fully saturated rings. The number of amides is 2. The van der Waals surface area contributed by atoms with Gasteiger partial charge in [0, 0.05) is 26.2 Å². The summed E-state index contributed by atoms with van der Waals surface area (Å²) >= 11 is 0. The van der Waals surface area contributed by atoms with Crippen molar-refractivity contribution in [3.63, 3.8) is 0 Å². The molecule has 39 heavy (non-hydrogen) atoms. The summed E-state index contributed by atoms with van der Waals surface area (Å²) in [6, 6.07) is 11.1. The Morgan fingerprint density at radius 1 is 1.13 bits per heavy atom. The van der Waals surface area contributed by atoms with E-state index in [0.29, 0.717) is 57.4 Å². The number of benzene rings is 1. The Morgan fingerprint density at radius 2 is 1.82 bits per heavy atom. The first-order valence-electron chi connectivity index (χ1n) is 14.3. The highest BCUT2D eigenvalue weighted by Crippen LogP contribution is 2.29. The quantitative estimate of drug-likeness (QED) is 0.405. The third-order valence-corrected chi connectivity index (χ3v) is 8.02. The average Bonchev–Trinajstić information content (AvgIpc) is 2.98. The van der Waals surface area contributed by atoms with Crippen LogP contribution in [0.1, 0.15) is 56.9 Å². The van der Waals surface area contributed by atoms with Crippen LogP contribution in [0.2, 0.25) is 0 Å². The van der Waals surface area contributed by atoms with Gasteiger partial charge in [-0.3, -0.25) is 10.1 Å². The number of hydrogen-bond acceptors (Lipinski definition) is 7. The molecular weight excluding hydrogens is 496 g/mol. The molecule has 2 aliphatic heterocycles. The maximum atomic E-state index is 13.8. The van der Waals surface area contributed by atoms with Gasteiger partial charge in [0.1, 0.15) is 18.2 Å². The summed E-state index contributed by atoms with van der Waals surface area (Å²) < 4.78 is 11.0. The molecule has 10 heteroatoms. The van der Waals surface area contributed by atoms with Crippen molar-refractivity contribution in [2.24, 2.45) is 10.9 Å². The zero-order valence-corrected chi connectivity index (χ0v) is 23.1. The molecule has 1 aliphatic carbocycles. The van der Waals surface area contributed by atoms with Gasteiger partial charge >= 0.3 is 6.09 Å². The van der Waals surface area contributed by atoms with Gasteiger partial charge in [0.2, 0.25) is 11.9 Å². The number of rotatable bonds is 7. The van der Waals surface area contributed by atoms with Crippen molar-refractivity contribution in [3.05, 3.63) is 35.9 Å². The van der Waals surface area contributed by atoms with Crippen LogP contribution >= 0.6 is 0 Å². The van der Waals surface area contributed by atoms with E-state index in [0.717, 1.165) is 44.3 Å². The van der Waals surface area contributed by atoms with Gasteiger partial charge < -0.3 is 24.6 Å². The summed E-state index contributed by atoms with van der Waals surface area (Å²) in [5, 5.41) is 15.9. The molecule has 0 spiro atoms. The van der Waals surface area contributed by atoms with E-state index in [9.17, 15) is 14.9 Å². The molecule has 0 bridgehead atoms. The van der Waals surface area contributed by atoms with Crippen molar-refractivity contribution in [1.82, 2.24) is 20.4 Å². The number of guanidine groups is 1. The second-order valence-electron chi connectivity index (χ2n) is 11.0. The number of piperidine rings is 1. The molecule has 0 aromatic heterocycles. The Hall–Kier alpha value is -3.16. The number of ether oxygens (including phenoxy) is 2. The van der Waals surface area contributed by atoms with E-state index in [1.807, 2.05) is 42.3 Å². The summed E-state index contributed by atoms with van der Waals surface area (Å²) in [5.41, 5.74) is -0.0162. The van der Waals surface area contributed by atoms with Crippen LogP contribution in [-0.2, 0) is 20.9 Å². The fourth-order valence-corrected chi connectivity index (χ4v) is 5.51. The number of aliphatic imine (C=N–C) groups is 1. The summed E-state index contributed by atoms with van der Waals surface area (Å²) in [5.74, 6) is 0.448. The fourth-order valence-electron chi connectivity index (χ4n) is 5.51. The summed E-state index contributed by atoms with van der Waals surface area (Å²) in [7, 11) is 2.02. The largest absolute Gasteiger partial charge is 0.444 e. The Balaban J connectivity index is 1.53. The molecule has 1 aromatic rings. The number of nitrogens with one attached hydrogen (secondary N) is 2. The van der Waals surface area contributed by atoms with Crippen molar-refractivity contribution >= 4 is 18.0 Å². The third-order valence-electron chi connectivity index (χ3n) is 8.02. The van der Waals surface area contributed by atoms with Gasteiger partial charge in [0.25, 0.3) is 0 Å². The van der Waals surface area contributed by atoms with E-state index in [-0.39, 0.29) is 12.5 Å². The van der Waals surface area contributed by atoms with Gasteiger partial charge in [-0.05, 0) is 37.8 Å². The van der Waals surface area contributed by atoms with Gasteiger partial charge in [0.15, 0.2) is 0 Å². The molecule has 2 heterocycles. The van der Waals surface area contributed by atoms with Crippen LogP contribution in [0.15, 0.2) is 35.3 Å². The molecule has 2 N–H and O–H groups in total. The van der Waals surface area contributed by atoms with Crippen LogP contribution in [0, 0.1) is 17.2 Å². The first-order chi connectivity index (χ1) is 19.0. The van der Waals surface area contributed by atoms with Crippen LogP contribution in [0.5, 0.6) is 0 Å². The first kappa shape index (κ1) is 28.8. The predicted octanol–water partition coefficient (Wildman–Crippen LogP) is 3.04. The topological polar surface area (TPSA) is 119 Å². The lowest BCUT2D eigenvalue weighted by Gasteiger charge is -2.37. The standard InChI is InChI=1S/C29H42N6O4/c1-34-14-12-29(22-30,13-15-34)33-26(36)25(20-23-8-4-2-5-9-23)31-27(35-16-18-38-19-17-35)32-28(37)39-21-24-10-6-3-7-11-24/h3,6-7,10-11,23,25H,2,4-5,8-9,12-21H2,1H3,(H,33,36)(H,31,32,37)/t25-/m0/s1. The SMILES string of the molecule is CN1CCC(C#N)(NC(=O)[C@H](CC2CCCCC2)N=C(NC(=O)OCc2ccccc2)N2CCOCC2)CC1. The number of alkyl carbamates (subject to hydrolysis) is 1. The summed E-state index contributed by atoms with van der Waals surface area (Å²) in [4.78, 5) is 35.6. The average molecular weight is 539 g/mol. The van der Waals surface area contributed by atoms with Crippen LogP contribution < -0.4 is 10.6 Å². The van der Waals surface area contributed by atoms with E-state index in [1.54, 1.807) is 0 Å². The number of nitriles is 1. The van der Waals surface area contributed by atoms with Crippen molar-refractivity contribution in [1.29, 1.82) is 5.26 Å². The van der Waals surface area contributed by atoms with Crippen molar-refractivity contribution in [2.75, 3.05) is 46.4 Å². The molecule has 4 rings (SSSR count). The molecule has 1 aromatic carbocycles. The third kappa shape index (κ3) is 8.67. The smallest absolute Gasteiger partial charge is 0.414 e. The zero-order chi connectivity index (χ0) is 27.5. The van der Waals surface area contributed by atoms with Crippen molar-refractivity contribution in [2.45, 2.75) is 69.6 Å². The molecule has 10 nitrogen and oxygen atoms in total. The highest BCUT2D eigenvalue weighted by atomic mass is 16.5. The number of carbonyl (C=O) groups excluding carboxylic acids is 2. The van der Waals surface area contributed by atoms with Gasteiger partial charge in [0.05, 0.1) is 19.3 Å². The maximum Gasteiger partial charge on any atom is 0.414 e. The van der Waals surface area contributed by atoms with E-state index in [4.69, 9.17) is 14.5 Å². The zero-order valence-electron chi connectivity index (χ0n) is 23.1. The lowest BCUT2D eigenvalue weighted by atomic mass is 9.84. The van der Waals surface area contributed by atoms with E-state index in [2.05, 4.69) is 21.6 Å². The summed E-state index contributed by atoms with van der Waals surface area (Å²) in [6.45, 7) is 3.73. The van der Waals surface area contributed by atoms with Crippen LogP contribution in [-0.4, -0.2) is 85.8 Å². The van der Waals surface area contributed by atoms with Crippen molar-refractivity contribution < 1.29 is 19.1 Å². The summed E-state index contributed by atoms with van der Waals surface area (Å²) in [6.07, 6.45) is 6.76. The molecule has 3 aliphatic rings. The van der Waals surface area contributed by atoms with Crippen LogP contribution in [0.3, 0.4) is 0 Å². The molecule has 0 unspecified atom stereocenters. The molecule has 1 saturated carbocycles. The number of carbonyl (C=O) groups is 2.